The minimum Gasteiger partial charge on any atom is -0.456 e. The van der Waals surface area contributed by atoms with Crippen LogP contribution in [0.5, 0.6) is 0 Å². The number of fused-ring (bicyclic) bond motifs is 3. The van der Waals surface area contributed by atoms with Gasteiger partial charge in [0.2, 0.25) is 0 Å². The first-order chi connectivity index (χ1) is 27.7. The molecule has 0 unspecified atom stereocenters. The van der Waals surface area contributed by atoms with Crippen molar-refractivity contribution in [3.05, 3.63) is 206 Å². The van der Waals surface area contributed by atoms with Gasteiger partial charge in [-0.15, -0.1) is 0 Å². The van der Waals surface area contributed by atoms with Crippen molar-refractivity contribution in [3.8, 4) is 56.4 Å². The maximum Gasteiger partial charge on any atom is 0.164 e. The fourth-order valence-electron chi connectivity index (χ4n) is 7.41. The summed E-state index contributed by atoms with van der Waals surface area (Å²) in [5.41, 5.74) is 12.1. The molecule has 0 fully saturated rings. The molecule has 5 nitrogen and oxygen atoms in total. The van der Waals surface area contributed by atoms with Gasteiger partial charge in [-0.2, -0.15) is 0 Å². The van der Waals surface area contributed by atoms with Gasteiger partial charge in [0.1, 0.15) is 11.2 Å². The molecule has 56 heavy (non-hydrogen) atoms. The molecule has 0 bridgehead atoms. The summed E-state index contributed by atoms with van der Waals surface area (Å²) in [6, 6.07) is 71.1. The van der Waals surface area contributed by atoms with Crippen molar-refractivity contribution in [2.45, 2.75) is 0 Å². The monoisotopic (exact) mass is 718 g/mol. The van der Waals surface area contributed by atoms with Crippen molar-refractivity contribution in [2.75, 3.05) is 4.90 Å². The molecule has 0 radical (unpaired) electrons. The number of aromatic nitrogens is 3. The summed E-state index contributed by atoms with van der Waals surface area (Å²) in [4.78, 5) is 17.4. The van der Waals surface area contributed by atoms with Crippen LogP contribution in [0, 0.1) is 0 Å². The minimum atomic E-state index is 0.586. The van der Waals surface area contributed by atoms with Crippen molar-refractivity contribution in [1.29, 1.82) is 0 Å². The third-order valence-corrected chi connectivity index (χ3v) is 10.1. The quantitative estimate of drug-likeness (QED) is 0.157. The Bertz CT molecular complexity index is 2890. The zero-order chi connectivity index (χ0) is 37.3. The summed E-state index contributed by atoms with van der Waals surface area (Å²) in [5.74, 6) is 1.82. The van der Waals surface area contributed by atoms with E-state index in [1.165, 1.54) is 16.7 Å². The van der Waals surface area contributed by atoms with E-state index >= 15 is 0 Å². The summed E-state index contributed by atoms with van der Waals surface area (Å²) in [5, 5.41) is 1.93. The molecule has 5 heteroatoms. The third kappa shape index (κ3) is 6.27. The average Bonchev–Trinajstić information content (AvgIpc) is 3.66. The summed E-state index contributed by atoms with van der Waals surface area (Å²) in [6.45, 7) is 0. The molecule has 0 saturated heterocycles. The molecule has 0 aliphatic heterocycles. The van der Waals surface area contributed by atoms with Crippen LogP contribution in [-0.2, 0) is 0 Å². The number of hydrogen-bond acceptors (Lipinski definition) is 5. The van der Waals surface area contributed by atoms with E-state index in [4.69, 9.17) is 19.4 Å². The fraction of sp³-hybridized carbons (Fsp3) is 0. The van der Waals surface area contributed by atoms with Gasteiger partial charge in [-0.3, -0.25) is 0 Å². The Morgan fingerprint density at radius 1 is 0.321 bits per heavy atom. The summed E-state index contributed by atoms with van der Waals surface area (Å²) < 4.78 is 6.51. The van der Waals surface area contributed by atoms with E-state index in [9.17, 15) is 0 Å². The lowest BCUT2D eigenvalue weighted by Gasteiger charge is -2.25. The van der Waals surface area contributed by atoms with Gasteiger partial charge < -0.3 is 9.32 Å². The Morgan fingerprint density at radius 3 is 1.43 bits per heavy atom. The number of furan rings is 1. The molecule has 10 rings (SSSR count). The molecule has 0 spiro atoms. The number of nitrogens with zero attached hydrogens (tertiary/aromatic N) is 4. The van der Waals surface area contributed by atoms with E-state index in [1.807, 2.05) is 78.9 Å². The van der Waals surface area contributed by atoms with Crippen LogP contribution in [-0.4, -0.2) is 15.0 Å². The van der Waals surface area contributed by atoms with Crippen LogP contribution in [0.1, 0.15) is 0 Å². The van der Waals surface area contributed by atoms with Gasteiger partial charge in [0.25, 0.3) is 0 Å². The highest BCUT2D eigenvalue weighted by Crippen LogP contribution is 2.42. The first-order valence-corrected chi connectivity index (χ1v) is 18.7. The summed E-state index contributed by atoms with van der Waals surface area (Å²) in [7, 11) is 0. The molecule has 2 aromatic heterocycles. The van der Waals surface area contributed by atoms with Crippen LogP contribution in [0.25, 0.3) is 78.4 Å². The zero-order valence-electron chi connectivity index (χ0n) is 30.3. The Labute approximate surface area is 324 Å². The average molecular weight is 719 g/mol. The maximum atomic E-state index is 6.51. The molecule has 0 aliphatic carbocycles. The second-order valence-electron chi connectivity index (χ2n) is 13.7. The number of benzene rings is 8. The van der Waals surface area contributed by atoms with E-state index in [0.717, 1.165) is 61.3 Å². The van der Waals surface area contributed by atoms with Crippen molar-refractivity contribution < 1.29 is 4.42 Å². The smallest absolute Gasteiger partial charge is 0.164 e. The normalized spacial score (nSPS) is 11.2. The van der Waals surface area contributed by atoms with Gasteiger partial charge in [0.05, 0.1) is 0 Å². The van der Waals surface area contributed by atoms with Gasteiger partial charge in [0.15, 0.2) is 17.5 Å². The molecular formula is C51H34N4O. The number of rotatable bonds is 8. The Hall–Kier alpha value is -7.63. The molecule has 0 N–H and O–H groups in total. The topological polar surface area (TPSA) is 55.1 Å². The van der Waals surface area contributed by atoms with E-state index < -0.39 is 0 Å². The van der Waals surface area contributed by atoms with E-state index in [-0.39, 0.29) is 0 Å². The highest BCUT2D eigenvalue weighted by atomic mass is 16.3. The molecule has 0 saturated carbocycles. The van der Waals surface area contributed by atoms with Crippen LogP contribution in [0.4, 0.5) is 17.1 Å². The van der Waals surface area contributed by atoms with Gasteiger partial charge in [-0.1, -0.05) is 152 Å². The lowest BCUT2D eigenvalue weighted by molar-refractivity contribution is 0.669. The van der Waals surface area contributed by atoms with Crippen LogP contribution >= 0.6 is 0 Å². The summed E-state index contributed by atoms with van der Waals surface area (Å²) >= 11 is 0. The van der Waals surface area contributed by atoms with Gasteiger partial charge in [-0.05, 0) is 76.9 Å². The van der Waals surface area contributed by atoms with Crippen LogP contribution in [0.15, 0.2) is 211 Å². The predicted octanol–water partition coefficient (Wildman–Crippen LogP) is 13.6. The molecule has 2 heterocycles. The fourth-order valence-corrected chi connectivity index (χ4v) is 7.41. The second kappa shape index (κ2) is 14.3. The van der Waals surface area contributed by atoms with Gasteiger partial charge in [-0.25, -0.2) is 15.0 Å². The molecule has 0 amide bonds. The van der Waals surface area contributed by atoms with Gasteiger partial charge >= 0.3 is 0 Å². The van der Waals surface area contributed by atoms with Crippen LogP contribution in [0.3, 0.4) is 0 Å². The van der Waals surface area contributed by atoms with Gasteiger partial charge in [0, 0.05) is 44.5 Å². The summed E-state index contributed by atoms with van der Waals surface area (Å²) in [6.07, 6.45) is 0. The number of para-hydroxylation sites is 1. The number of anilines is 3. The molecule has 264 valence electrons. The van der Waals surface area contributed by atoms with Crippen LogP contribution in [0.2, 0.25) is 0 Å². The van der Waals surface area contributed by atoms with Crippen molar-refractivity contribution >= 4 is 39.0 Å². The minimum absolute atomic E-state index is 0.586. The second-order valence-corrected chi connectivity index (χ2v) is 13.7. The Kier molecular flexibility index (Phi) is 8.43. The maximum absolute atomic E-state index is 6.51. The lowest BCUT2D eigenvalue weighted by Crippen LogP contribution is -2.09. The molecule has 0 aliphatic rings. The van der Waals surface area contributed by atoms with Crippen molar-refractivity contribution in [3.63, 3.8) is 0 Å². The first-order valence-electron chi connectivity index (χ1n) is 18.7. The zero-order valence-corrected chi connectivity index (χ0v) is 30.3. The standard InChI is InChI=1S/C51H34N4O/c1-5-15-35(16-6-1)39-21-13-22-40(33-39)36-27-29-42(30-28-36)55(41-23-11-4-12-24-41)43-31-32-46-45(34-43)48-44(25-14-26-47(48)56-46)51-53-49(37-17-7-2-8-18-37)52-50(54-51)38-19-9-3-10-20-38/h1-34H. The molecule has 0 atom stereocenters. The third-order valence-electron chi connectivity index (χ3n) is 10.1. The highest BCUT2D eigenvalue weighted by Gasteiger charge is 2.20. The van der Waals surface area contributed by atoms with E-state index in [0.29, 0.717) is 17.5 Å². The Morgan fingerprint density at radius 2 is 0.804 bits per heavy atom. The first kappa shape index (κ1) is 33.0. The largest absolute Gasteiger partial charge is 0.456 e. The molecule has 8 aromatic carbocycles. The van der Waals surface area contributed by atoms with Crippen molar-refractivity contribution in [1.82, 2.24) is 15.0 Å². The van der Waals surface area contributed by atoms with Crippen molar-refractivity contribution in [2.24, 2.45) is 0 Å². The molecule has 10 aromatic rings. The highest BCUT2D eigenvalue weighted by molar-refractivity contribution is 6.13. The van der Waals surface area contributed by atoms with E-state index in [1.54, 1.807) is 0 Å². The van der Waals surface area contributed by atoms with Crippen LogP contribution < -0.4 is 4.90 Å². The number of hydrogen-bond donors (Lipinski definition) is 0. The molecular weight excluding hydrogens is 685 g/mol. The SMILES string of the molecule is c1ccc(-c2cccc(-c3ccc(N(c4ccccc4)c4ccc5oc6cccc(-c7nc(-c8ccccc8)nc(-c8ccccc8)n7)c6c5c4)cc3)c2)cc1. The Balaban J connectivity index is 1.10. The van der Waals surface area contributed by atoms with E-state index in [2.05, 4.69) is 132 Å². The predicted molar refractivity (Wildman–Crippen MR) is 229 cm³/mol. The lowest BCUT2D eigenvalue weighted by atomic mass is 9.99.